The van der Waals surface area contributed by atoms with Crippen LogP contribution in [-0.2, 0) is 0 Å². The van der Waals surface area contributed by atoms with Crippen molar-refractivity contribution in [3.05, 3.63) is 60.6 Å². The maximum Gasteiger partial charge on any atom is 0.430 e. The van der Waals surface area contributed by atoms with Crippen LogP contribution < -0.4 is 16.0 Å². The summed E-state index contributed by atoms with van der Waals surface area (Å²) in [6.07, 6.45) is 4.73. The molecule has 1 saturated heterocycles. The van der Waals surface area contributed by atoms with Crippen LogP contribution in [-0.4, -0.2) is 47.4 Å². The topological polar surface area (TPSA) is 69.3 Å². The number of hydrogen-bond acceptors (Lipinski definition) is 4. The molecule has 1 atom stereocenters. The van der Waals surface area contributed by atoms with Crippen LogP contribution in [0.4, 0.5) is 23.7 Å². The smallest absolute Gasteiger partial charge is 0.358 e. The fourth-order valence-electron chi connectivity index (χ4n) is 4.20. The van der Waals surface area contributed by atoms with E-state index < -0.39 is 23.6 Å². The van der Waals surface area contributed by atoms with Crippen molar-refractivity contribution in [2.45, 2.75) is 31.6 Å². The average molecular weight is 445 g/mol. The van der Waals surface area contributed by atoms with Gasteiger partial charge in [0.25, 0.3) is 0 Å². The average Bonchev–Trinajstić information content (AvgIpc) is 2.78. The van der Waals surface area contributed by atoms with E-state index in [1.54, 1.807) is 24.5 Å². The number of likely N-dealkylation sites (tertiary alicyclic amines) is 1. The number of nitrogens with zero attached hydrogens (tertiary/aromatic N) is 2. The predicted molar refractivity (Wildman–Crippen MR) is 118 cm³/mol. The van der Waals surface area contributed by atoms with Crippen molar-refractivity contribution >= 4 is 22.5 Å². The second kappa shape index (κ2) is 8.82. The van der Waals surface area contributed by atoms with Gasteiger partial charge in [0.2, 0.25) is 0 Å². The maximum atomic E-state index is 13.5. The molecular formula is C23H26F3N5O. The Bertz CT molecular complexity index is 1040. The molecule has 2 amide bonds. The first-order chi connectivity index (χ1) is 15.3. The summed E-state index contributed by atoms with van der Waals surface area (Å²) in [6, 6.07) is 6.83. The molecule has 3 heterocycles. The molecule has 170 valence electrons. The van der Waals surface area contributed by atoms with Gasteiger partial charge in [-0.3, -0.25) is 9.88 Å². The van der Waals surface area contributed by atoms with E-state index in [2.05, 4.69) is 27.9 Å². The van der Waals surface area contributed by atoms with E-state index >= 15 is 0 Å². The lowest BCUT2D eigenvalue weighted by atomic mass is 9.94. The van der Waals surface area contributed by atoms with Gasteiger partial charge in [0.1, 0.15) is 11.4 Å². The number of urea groups is 1. The monoisotopic (exact) mass is 445 g/mol. The number of amides is 2. The quantitative estimate of drug-likeness (QED) is 0.653. The fourth-order valence-corrected chi connectivity index (χ4v) is 4.20. The number of pyridine rings is 1. The summed E-state index contributed by atoms with van der Waals surface area (Å²) < 4.78 is 40.4. The highest BCUT2D eigenvalue weighted by Crippen LogP contribution is 2.32. The first kappa shape index (κ1) is 22.1. The summed E-state index contributed by atoms with van der Waals surface area (Å²) in [4.78, 5) is 18.8. The van der Waals surface area contributed by atoms with Crippen LogP contribution >= 0.6 is 0 Å². The van der Waals surface area contributed by atoms with Gasteiger partial charge >= 0.3 is 12.2 Å². The van der Waals surface area contributed by atoms with E-state index in [9.17, 15) is 18.0 Å². The Labute approximate surface area is 184 Å². The van der Waals surface area contributed by atoms with E-state index in [0.29, 0.717) is 24.7 Å². The number of alkyl halides is 3. The van der Waals surface area contributed by atoms with Gasteiger partial charge < -0.3 is 16.0 Å². The molecule has 0 saturated carbocycles. The number of aromatic nitrogens is 1. The van der Waals surface area contributed by atoms with Crippen molar-refractivity contribution in [3.63, 3.8) is 0 Å². The van der Waals surface area contributed by atoms with Crippen LogP contribution in [0.15, 0.2) is 60.6 Å². The van der Waals surface area contributed by atoms with Gasteiger partial charge in [-0.2, -0.15) is 13.2 Å². The van der Waals surface area contributed by atoms with Gasteiger partial charge in [-0.05, 0) is 48.4 Å². The molecule has 0 bridgehead atoms. The van der Waals surface area contributed by atoms with Crippen molar-refractivity contribution in [1.29, 1.82) is 0 Å². The van der Waals surface area contributed by atoms with Gasteiger partial charge in [-0.1, -0.05) is 25.1 Å². The van der Waals surface area contributed by atoms with Crippen LogP contribution in [0, 0.1) is 5.92 Å². The maximum absolute atomic E-state index is 13.5. The first-order valence-corrected chi connectivity index (χ1v) is 10.6. The lowest BCUT2D eigenvalue weighted by Crippen LogP contribution is -2.66. The Kier molecular flexibility index (Phi) is 6.10. The fraction of sp³-hybridized carbons (Fsp3) is 0.391. The molecule has 1 aromatic carbocycles. The molecule has 6 nitrogen and oxygen atoms in total. The number of dihydropyridines is 1. The van der Waals surface area contributed by atoms with E-state index in [0.717, 1.165) is 29.7 Å². The van der Waals surface area contributed by atoms with E-state index in [4.69, 9.17) is 0 Å². The molecule has 1 aromatic heterocycles. The van der Waals surface area contributed by atoms with E-state index in [1.165, 1.54) is 6.08 Å². The number of nitrogens with one attached hydrogen (secondary N) is 3. The lowest BCUT2D eigenvalue weighted by Gasteiger charge is -2.47. The van der Waals surface area contributed by atoms with Crippen LogP contribution in [0.3, 0.4) is 0 Å². The summed E-state index contributed by atoms with van der Waals surface area (Å²) in [6.45, 7) is 3.39. The number of piperidine rings is 1. The molecule has 2 aliphatic rings. The number of allylic oxidation sites excluding steroid dienone is 3. The SMILES string of the molecule is CC1CCN(C2(CNC(=O)Nc3cccc4ccncc34)C=CC=C(C(F)(F)F)N2)CC1. The molecule has 4 rings (SSSR count). The number of anilines is 1. The van der Waals surface area contributed by atoms with Crippen LogP contribution in [0.25, 0.3) is 10.8 Å². The van der Waals surface area contributed by atoms with Gasteiger partial charge in [-0.15, -0.1) is 0 Å². The number of benzene rings is 1. The van der Waals surface area contributed by atoms with Crippen molar-refractivity contribution < 1.29 is 18.0 Å². The molecule has 0 radical (unpaired) electrons. The normalized spacial score (nSPS) is 22.3. The van der Waals surface area contributed by atoms with E-state index in [1.807, 2.05) is 23.1 Å². The third-order valence-electron chi connectivity index (χ3n) is 6.09. The number of carbonyl (C=O) groups is 1. The van der Waals surface area contributed by atoms with Crippen LogP contribution in [0.1, 0.15) is 19.8 Å². The molecular weight excluding hydrogens is 419 g/mol. The third kappa shape index (κ3) is 4.72. The molecule has 1 unspecified atom stereocenters. The summed E-state index contributed by atoms with van der Waals surface area (Å²) in [5.41, 5.74) is -1.39. The molecule has 0 spiro atoms. The van der Waals surface area contributed by atoms with Gasteiger partial charge in [0.15, 0.2) is 0 Å². The van der Waals surface area contributed by atoms with Gasteiger partial charge in [0.05, 0.1) is 12.2 Å². The second-order valence-corrected chi connectivity index (χ2v) is 8.37. The number of carbonyl (C=O) groups excluding carboxylic acids is 1. The Balaban J connectivity index is 1.51. The summed E-state index contributed by atoms with van der Waals surface area (Å²) in [5.74, 6) is 0.518. The standard InChI is InChI=1S/C23H26F3N5O/c1-16-8-12-31(13-9-16)22(10-3-6-20(30-22)23(24,25)26)15-28-21(32)29-19-5-2-4-17-7-11-27-14-18(17)19/h2-7,10-11,14,16,30H,8-9,12-13,15H2,1H3,(H2,28,29,32). The highest BCUT2D eigenvalue weighted by atomic mass is 19.4. The molecule has 2 aliphatic heterocycles. The van der Waals surface area contributed by atoms with Gasteiger partial charge in [0, 0.05) is 30.9 Å². The third-order valence-corrected chi connectivity index (χ3v) is 6.09. The van der Waals surface area contributed by atoms with Crippen LogP contribution in [0.2, 0.25) is 0 Å². The predicted octanol–water partition coefficient (Wildman–Crippen LogP) is 4.39. The Morgan fingerprint density at radius 2 is 2.06 bits per heavy atom. The van der Waals surface area contributed by atoms with Crippen molar-refractivity contribution in [2.75, 3.05) is 25.0 Å². The minimum atomic E-state index is -4.50. The van der Waals surface area contributed by atoms with Crippen molar-refractivity contribution in [2.24, 2.45) is 5.92 Å². The zero-order chi connectivity index (χ0) is 22.8. The number of halogens is 3. The molecule has 2 aromatic rings. The minimum Gasteiger partial charge on any atom is -0.358 e. The molecule has 32 heavy (non-hydrogen) atoms. The molecule has 3 N–H and O–H groups in total. The van der Waals surface area contributed by atoms with Crippen molar-refractivity contribution in [1.82, 2.24) is 20.5 Å². The molecule has 9 heteroatoms. The van der Waals surface area contributed by atoms with E-state index in [-0.39, 0.29) is 6.54 Å². The second-order valence-electron chi connectivity index (χ2n) is 8.37. The largest absolute Gasteiger partial charge is 0.430 e. The van der Waals surface area contributed by atoms with Crippen molar-refractivity contribution in [3.8, 4) is 0 Å². The number of hydrogen-bond donors (Lipinski definition) is 3. The Morgan fingerprint density at radius 3 is 2.81 bits per heavy atom. The summed E-state index contributed by atoms with van der Waals surface area (Å²) >= 11 is 0. The summed E-state index contributed by atoms with van der Waals surface area (Å²) in [7, 11) is 0. The minimum absolute atomic E-state index is 0.0276. The number of fused-ring (bicyclic) bond motifs is 1. The molecule has 0 aliphatic carbocycles. The summed E-state index contributed by atoms with van der Waals surface area (Å²) in [5, 5.41) is 9.93. The van der Waals surface area contributed by atoms with Gasteiger partial charge in [-0.25, -0.2) is 4.79 Å². The zero-order valence-electron chi connectivity index (χ0n) is 17.7. The molecule has 1 fully saturated rings. The first-order valence-electron chi connectivity index (χ1n) is 10.6. The van der Waals surface area contributed by atoms with Crippen LogP contribution in [0.5, 0.6) is 0 Å². The number of rotatable bonds is 4. The lowest BCUT2D eigenvalue weighted by molar-refractivity contribution is -0.103. The zero-order valence-corrected chi connectivity index (χ0v) is 17.7. The Morgan fingerprint density at radius 1 is 1.28 bits per heavy atom. The highest BCUT2D eigenvalue weighted by molar-refractivity contribution is 6.01. The Hall–Kier alpha value is -3.07. The highest BCUT2D eigenvalue weighted by Gasteiger charge is 2.44.